The topological polar surface area (TPSA) is 69.7 Å². The molecule has 0 saturated heterocycles. The Balaban J connectivity index is 1.98. The lowest BCUT2D eigenvalue weighted by molar-refractivity contribution is -0.158. The van der Waals surface area contributed by atoms with Crippen molar-refractivity contribution in [1.82, 2.24) is 0 Å². The minimum Gasteiger partial charge on any atom is -0.488 e. The van der Waals surface area contributed by atoms with E-state index >= 15 is 0 Å². The van der Waals surface area contributed by atoms with Crippen molar-refractivity contribution in [2.24, 2.45) is 0 Å². The molecule has 0 bridgehead atoms. The first-order chi connectivity index (χ1) is 11.5. The van der Waals surface area contributed by atoms with E-state index in [-0.39, 0.29) is 5.78 Å². The molecule has 0 N–H and O–H groups in total. The van der Waals surface area contributed by atoms with Crippen molar-refractivity contribution in [2.45, 2.75) is 26.4 Å². The highest BCUT2D eigenvalue weighted by Crippen LogP contribution is 2.31. The van der Waals surface area contributed by atoms with E-state index in [0.717, 1.165) is 5.56 Å². The number of esters is 2. The lowest BCUT2D eigenvalue weighted by Crippen LogP contribution is -2.16. The van der Waals surface area contributed by atoms with E-state index in [0.29, 0.717) is 29.0 Å². The highest BCUT2D eigenvalue weighted by molar-refractivity contribution is 6.12. The number of carbonyl (C=O) groups excluding carboxylic acids is 3. The molecule has 0 amide bonds. The normalized spacial score (nSPS) is 13.8. The molecule has 1 aliphatic heterocycles. The summed E-state index contributed by atoms with van der Waals surface area (Å²) in [6.07, 6.45) is 0. The molecule has 1 heterocycles. The SMILES string of the molecule is CC(=O)OC(=O)C(C)c1ccc2c(c1)C(=O)c1ccccc1CO2. The second-order valence-corrected chi connectivity index (χ2v) is 5.66. The molecule has 0 saturated carbocycles. The van der Waals surface area contributed by atoms with Crippen molar-refractivity contribution < 1.29 is 23.9 Å². The van der Waals surface area contributed by atoms with Crippen LogP contribution in [0.1, 0.15) is 46.8 Å². The number of rotatable bonds is 2. The maximum absolute atomic E-state index is 12.8. The van der Waals surface area contributed by atoms with Crippen LogP contribution in [0.25, 0.3) is 0 Å². The summed E-state index contributed by atoms with van der Waals surface area (Å²) in [4.78, 5) is 35.7. The summed E-state index contributed by atoms with van der Waals surface area (Å²) in [5.41, 5.74) is 2.41. The fourth-order valence-corrected chi connectivity index (χ4v) is 2.65. The summed E-state index contributed by atoms with van der Waals surface area (Å²) in [7, 11) is 0. The van der Waals surface area contributed by atoms with Gasteiger partial charge in [0, 0.05) is 18.1 Å². The first kappa shape index (κ1) is 15.9. The molecule has 2 aromatic rings. The molecule has 1 unspecified atom stereocenters. The van der Waals surface area contributed by atoms with Crippen LogP contribution in [0.5, 0.6) is 5.75 Å². The fourth-order valence-electron chi connectivity index (χ4n) is 2.65. The van der Waals surface area contributed by atoms with Gasteiger partial charge in [-0.15, -0.1) is 0 Å². The zero-order valence-electron chi connectivity index (χ0n) is 13.4. The number of carbonyl (C=O) groups is 3. The summed E-state index contributed by atoms with van der Waals surface area (Å²) >= 11 is 0. The number of ether oxygens (including phenoxy) is 2. The van der Waals surface area contributed by atoms with Gasteiger partial charge in [0.2, 0.25) is 0 Å². The Morgan fingerprint density at radius 1 is 1.12 bits per heavy atom. The van der Waals surface area contributed by atoms with E-state index in [1.54, 1.807) is 37.3 Å². The predicted molar refractivity (Wildman–Crippen MR) is 85.8 cm³/mol. The van der Waals surface area contributed by atoms with Crippen LogP contribution in [0.15, 0.2) is 42.5 Å². The van der Waals surface area contributed by atoms with Crippen LogP contribution in [0.4, 0.5) is 0 Å². The standard InChI is InChI=1S/C19H16O5/c1-11(19(22)24-12(2)20)13-7-8-17-16(9-13)18(21)15-6-4-3-5-14(15)10-23-17/h3-9,11H,10H2,1-2H3. The number of hydrogen-bond acceptors (Lipinski definition) is 5. The second kappa shape index (κ2) is 6.28. The molecule has 24 heavy (non-hydrogen) atoms. The van der Waals surface area contributed by atoms with Gasteiger partial charge in [-0.3, -0.25) is 14.4 Å². The van der Waals surface area contributed by atoms with Crippen LogP contribution in [0.2, 0.25) is 0 Å². The van der Waals surface area contributed by atoms with Crippen LogP contribution >= 0.6 is 0 Å². The van der Waals surface area contributed by atoms with Crippen LogP contribution in [-0.4, -0.2) is 17.7 Å². The van der Waals surface area contributed by atoms with Crippen LogP contribution in [0, 0.1) is 0 Å². The quantitative estimate of drug-likeness (QED) is 0.627. The Morgan fingerprint density at radius 2 is 1.88 bits per heavy atom. The van der Waals surface area contributed by atoms with E-state index in [9.17, 15) is 14.4 Å². The van der Waals surface area contributed by atoms with E-state index < -0.39 is 17.9 Å². The van der Waals surface area contributed by atoms with Crippen molar-refractivity contribution in [3.63, 3.8) is 0 Å². The molecule has 0 aromatic heterocycles. The molecule has 2 aromatic carbocycles. The highest BCUT2D eigenvalue weighted by Gasteiger charge is 2.25. The third-order valence-electron chi connectivity index (χ3n) is 3.99. The first-order valence-electron chi connectivity index (χ1n) is 7.59. The van der Waals surface area contributed by atoms with Crippen molar-refractivity contribution in [3.05, 3.63) is 64.7 Å². The second-order valence-electron chi connectivity index (χ2n) is 5.66. The Bertz CT molecular complexity index is 837. The fraction of sp³-hybridized carbons (Fsp3) is 0.211. The van der Waals surface area contributed by atoms with Gasteiger partial charge in [0.25, 0.3) is 0 Å². The van der Waals surface area contributed by atoms with Crippen molar-refractivity contribution in [3.8, 4) is 5.75 Å². The summed E-state index contributed by atoms with van der Waals surface area (Å²) < 4.78 is 10.3. The Morgan fingerprint density at radius 3 is 2.62 bits per heavy atom. The van der Waals surface area contributed by atoms with E-state index in [1.165, 1.54) is 6.92 Å². The Labute approximate surface area is 139 Å². The minimum absolute atomic E-state index is 0.146. The third kappa shape index (κ3) is 2.93. The van der Waals surface area contributed by atoms with Gasteiger partial charge in [-0.1, -0.05) is 30.3 Å². The van der Waals surface area contributed by atoms with Crippen LogP contribution in [0.3, 0.4) is 0 Å². The number of benzene rings is 2. The van der Waals surface area contributed by atoms with Gasteiger partial charge in [0.15, 0.2) is 5.78 Å². The zero-order valence-corrected chi connectivity index (χ0v) is 13.4. The van der Waals surface area contributed by atoms with Gasteiger partial charge in [0.1, 0.15) is 12.4 Å². The van der Waals surface area contributed by atoms with Crippen molar-refractivity contribution in [2.75, 3.05) is 0 Å². The molecule has 5 nitrogen and oxygen atoms in total. The molecule has 0 aliphatic carbocycles. The number of ketones is 1. The molecule has 0 spiro atoms. The maximum atomic E-state index is 12.8. The smallest absolute Gasteiger partial charge is 0.320 e. The summed E-state index contributed by atoms with van der Waals surface area (Å²) in [6.45, 7) is 3.12. The predicted octanol–water partition coefficient (Wildman–Crippen LogP) is 3.00. The largest absolute Gasteiger partial charge is 0.488 e. The van der Waals surface area contributed by atoms with Gasteiger partial charge in [-0.05, 0) is 24.6 Å². The van der Waals surface area contributed by atoms with Gasteiger partial charge >= 0.3 is 11.9 Å². The molecule has 1 atom stereocenters. The van der Waals surface area contributed by atoms with Crippen molar-refractivity contribution >= 4 is 17.7 Å². The maximum Gasteiger partial charge on any atom is 0.320 e. The highest BCUT2D eigenvalue weighted by atomic mass is 16.6. The van der Waals surface area contributed by atoms with E-state index in [1.807, 2.05) is 12.1 Å². The summed E-state index contributed by atoms with van der Waals surface area (Å²) in [5, 5.41) is 0. The van der Waals surface area contributed by atoms with Crippen LogP contribution < -0.4 is 4.74 Å². The van der Waals surface area contributed by atoms with Gasteiger partial charge in [-0.2, -0.15) is 0 Å². The third-order valence-corrected chi connectivity index (χ3v) is 3.99. The molecular weight excluding hydrogens is 308 g/mol. The Kier molecular flexibility index (Phi) is 4.16. The molecule has 5 heteroatoms. The Hall–Kier alpha value is -2.95. The molecule has 3 rings (SSSR count). The summed E-state index contributed by atoms with van der Waals surface area (Å²) in [6, 6.07) is 12.3. The molecule has 0 radical (unpaired) electrons. The molecule has 0 fully saturated rings. The lowest BCUT2D eigenvalue weighted by atomic mass is 9.94. The van der Waals surface area contributed by atoms with Gasteiger partial charge in [0.05, 0.1) is 11.5 Å². The number of hydrogen-bond donors (Lipinski definition) is 0. The molecule has 122 valence electrons. The zero-order chi connectivity index (χ0) is 17.3. The van der Waals surface area contributed by atoms with E-state index in [2.05, 4.69) is 4.74 Å². The van der Waals surface area contributed by atoms with E-state index in [4.69, 9.17) is 4.74 Å². The van der Waals surface area contributed by atoms with Crippen molar-refractivity contribution in [1.29, 1.82) is 0 Å². The average molecular weight is 324 g/mol. The lowest BCUT2D eigenvalue weighted by Gasteiger charge is -2.13. The summed E-state index contributed by atoms with van der Waals surface area (Å²) in [5.74, 6) is -1.63. The molecule has 1 aliphatic rings. The van der Waals surface area contributed by atoms with Gasteiger partial charge in [-0.25, -0.2) is 0 Å². The van der Waals surface area contributed by atoms with Crippen LogP contribution in [-0.2, 0) is 20.9 Å². The monoisotopic (exact) mass is 324 g/mol. The number of fused-ring (bicyclic) bond motifs is 2. The average Bonchev–Trinajstić information content (AvgIpc) is 2.71. The first-order valence-corrected chi connectivity index (χ1v) is 7.59. The molecular formula is C19H16O5. The van der Waals surface area contributed by atoms with Gasteiger partial charge < -0.3 is 9.47 Å². The minimum atomic E-state index is -0.662.